The molecular weight excluding hydrogens is 316 g/mol. The first kappa shape index (κ1) is 15.8. The highest BCUT2D eigenvalue weighted by Gasteiger charge is 2.39. The molecule has 7 heteroatoms. The molecule has 0 radical (unpaired) electrons. The predicted molar refractivity (Wildman–Crippen MR) is 85.6 cm³/mol. The number of fused-ring (bicyclic) bond motifs is 1. The number of hydrogen-bond acceptors (Lipinski definition) is 4. The predicted octanol–water partition coefficient (Wildman–Crippen LogP) is 2.30. The molecule has 0 saturated carbocycles. The van der Waals surface area contributed by atoms with Gasteiger partial charge in [0.1, 0.15) is 11.5 Å². The first-order chi connectivity index (χ1) is 10.7. The van der Waals surface area contributed by atoms with Gasteiger partial charge in [-0.2, -0.15) is 0 Å². The Morgan fingerprint density at radius 3 is 2.61 bits per heavy atom. The molecule has 2 heterocycles. The molecule has 0 spiro atoms. The molecule has 23 heavy (non-hydrogen) atoms. The van der Waals surface area contributed by atoms with Gasteiger partial charge in [-0.05, 0) is 56.7 Å². The van der Waals surface area contributed by atoms with Crippen molar-refractivity contribution in [2.45, 2.75) is 37.6 Å². The Labute approximate surface area is 134 Å². The fourth-order valence-electron chi connectivity index (χ4n) is 2.55. The van der Waals surface area contributed by atoms with E-state index < -0.39 is 15.4 Å². The van der Waals surface area contributed by atoms with Gasteiger partial charge in [0.15, 0.2) is 0 Å². The van der Waals surface area contributed by atoms with E-state index >= 15 is 0 Å². The first-order valence-corrected chi connectivity index (χ1v) is 8.69. The Balaban J connectivity index is 1.87. The summed E-state index contributed by atoms with van der Waals surface area (Å²) >= 11 is 0. The lowest BCUT2D eigenvalue weighted by Gasteiger charge is -2.16. The molecule has 0 fully saturated rings. The van der Waals surface area contributed by atoms with Crippen molar-refractivity contribution in [2.24, 2.45) is 0 Å². The highest BCUT2D eigenvalue weighted by atomic mass is 32.2. The van der Waals surface area contributed by atoms with E-state index in [9.17, 15) is 13.2 Å². The van der Waals surface area contributed by atoms with Gasteiger partial charge in [0.25, 0.3) is 0 Å². The maximum absolute atomic E-state index is 12.4. The van der Waals surface area contributed by atoms with Crippen LogP contribution in [0.4, 0.5) is 5.69 Å². The zero-order chi connectivity index (χ0) is 16.8. The minimum absolute atomic E-state index is 0.0772. The number of nitrogens with one attached hydrogen (secondary N) is 2. The second-order valence-corrected chi connectivity index (χ2v) is 7.89. The van der Waals surface area contributed by atoms with Crippen molar-refractivity contribution in [2.75, 3.05) is 5.32 Å². The van der Waals surface area contributed by atoms with Crippen LogP contribution in [0.25, 0.3) is 0 Å². The SMILES string of the molecule is Cc1ccc(CNS(=O)(=O)c2ccc3c(c2)C(C)(C)C(=O)N3)o1. The lowest BCUT2D eigenvalue weighted by Crippen LogP contribution is -2.27. The zero-order valence-electron chi connectivity index (χ0n) is 13.1. The van der Waals surface area contributed by atoms with Crippen LogP contribution in [0.2, 0.25) is 0 Å². The van der Waals surface area contributed by atoms with Crippen molar-refractivity contribution in [3.05, 3.63) is 47.4 Å². The van der Waals surface area contributed by atoms with E-state index in [1.165, 1.54) is 6.07 Å². The third kappa shape index (κ3) is 2.77. The average molecular weight is 334 g/mol. The third-order valence-electron chi connectivity index (χ3n) is 4.02. The Morgan fingerprint density at radius 1 is 1.22 bits per heavy atom. The summed E-state index contributed by atoms with van der Waals surface area (Å²) in [5.74, 6) is 1.13. The summed E-state index contributed by atoms with van der Waals surface area (Å²) in [5, 5.41) is 2.76. The van der Waals surface area contributed by atoms with Gasteiger partial charge in [-0.25, -0.2) is 13.1 Å². The third-order valence-corrected chi connectivity index (χ3v) is 5.42. The van der Waals surface area contributed by atoms with Crippen LogP contribution in [0.5, 0.6) is 0 Å². The van der Waals surface area contributed by atoms with Crippen LogP contribution in [-0.4, -0.2) is 14.3 Å². The molecule has 0 unspecified atom stereocenters. The summed E-state index contributed by atoms with van der Waals surface area (Å²) in [4.78, 5) is 12.1. The monoisotopic (exact) mass is 334 g/mol. The molecule has 1 aromatic heterocycles. The van der Waals surface area contributed by atoms with Crippen molar-refractivity contribution in [1.29, 1.82) is 0 Å². The van der Waals surface area contributed by atoms with Crippen LogP contribution in [-0.2, 0) is 26.8 Å². The number of anilines is 1. The summed E-state index contributed by atoms with van der Waals surface area (Å²) < 4.78 is 32.8. The van der Waals surface area contributed by atoms with Gasteiger partial charge < -0.3 is 9.73 Å². The quantitative estimate of drug-likeness (QED) is 0.898. The van der Waals surface area contributed by atoms with Crippen molar-refractivity contribution in [3.8, 4) is 0 Å². The van der Waals surface area contributed by atoms with E-state index in [0.29, 0.717) is 17.0 Å². The largest absolute Gasteiger partial charge is 0.465 e. The number of furan rings is 1. The molecule has 122 valence electrons. The number of benzene rings is 1. The van der Waals surface area contributed by atoms with Crippen molar-refractivity contribution < 1.29 is 17.6 Å². The van der Waals surface area contributed by atoms with Gasteiger partial charge in [-0.15, -0.1) is 0 Å². The molecule has 0 saturated heterocycles. The van der Waals surface area contributed by atoms with Gasteiger partial charge in [0.05, 0.1) is 16.9 Å². The van der Waals surface area contributed by atoms with Gasteiger partial charge in [-0.3, -0.25) is 4.79 Å². The number of sulfonamides is 1. The number of aryl methyl sites for hydroxylation is 1. The second kappa shape index (κ2) is 5.21. The Kier molecular flexibility index (Phi) is 3.57. The molecule has 1 aliphatic heterocycles. The minimum Gasteiger partial charge on any atom is -0.465 e. The summed E-state index contributed by atoms with van der Waals surface area (Å²) in [6.07, 6.45) is 0. The van der Waals surface area contributed by atoms with Crippen LogP contribution >= 0.6 is 0 Å². The maximum Gasteiger partial charge on any atom is 0.240 e. The molecular formula is C16H18N2O4S. The lowest BCUT2D eigenvalue weighted by molar-refractivity contribution is -0.119. The Morgan fingerprint density at radius 2 is 1.96 bits per heavy atom. The van der Waals surface area contributed by atoms with E-state index in [2.05, 4.69) is 10.0 Å². The summed E-state index contributed by atoms with van der Waals surface area (Å²) in [6.45, 7) is 5.41. The van der Waals surface area contributed by atoms with Crippen LogP contribution < -0.4 is 10.0 Å². The van der Waals surface area contributed by atoms with E-state index in [4.69, 9.17) is 4.42 Å². The average Bonchev–Trinajstić information content (AvgIpc) is 2.99. The number of amides is 1. The molecule has 2 aromatic rings. The van der Waals surface area contributed by atoms with Gasteiger partial charge in [0, 0.05) is 5.69 Å². The summed E-state index contributed by atoms with van der Waals surface area (Å²) in [7, 11) is -3.69. The van der Waals surface area contributed by atoms with Crippen LogP contribution in [0.1, 0.15) is 30.9 Å². The molecule has 6 nitrogen and oxygen atoms in total. The fraction of sp³-hybridized carbons (Fsp3) is 0.312. The Bertz CT molecular complexity index is 881. The molecule has 0 atom stereocenters. The molecule has 1 aromatic carbocycles. The van der Waals surface area contributed by atoms with Crippen molar-refractivity contribution in [1.82, 2.24) is 4.72 Å². The molecule has 1 aliphatic rings. The van der Waals surface area contributed by atoms with Gasteiger partial charge >= 0.3 is 0 Å². The standard InChI is InChI=1S/C16H18N2O4S/c1-10-4-5-11(22-10)9-17-23(20,21)12-6-7-14-13(8-12)16(2,3)15(19)18-14/h4-8,17H,9H2,1-3H3,(H,18,19). The number of carbonyl (C=O) groups excluding carboxylic acids is 1. The highest BCUT2D eigenvalue weighted by molar-refractivity contribution is 7.89. The van der Waals surface area contributed by atoms with Crippen LogP contribution in [0.3, 0.4) is 0 Å². The first-order valence-electron chi connectivity index (χ1n) is 7.21. The normalized spacial score (nSPS) is 16.2. The molecule has 2 N–H and O–H groups in total. The van der Waals surface area contributed by atoms with Crippen molar-refractivity contribution in [3.63, 3.8) is 0 Å². The highest BCUT2D eigenvalue weighted by Crippen LogP contribution is 2.38. The smallest absolute Gasteiger partial charge is 0.240 e. The van der Waals surface area contributed by atoms with Crippen LogP contribution in [0.15, 0.2) is 39.6 Å². The molecule has 0 bridgehead atoms. The molecule has 0 aliphatic carbocycles. The van der Waals surface area contributed by atoms with Gasteiger partial charge in [-0.1, -0.05) is 0 Å². The second-order valence-electron chi connectivity index (χ2n) is 6.12. The fourth-order valence-corrected chi connectivity index (χ4v) is 3.57. The van der Waals surface area contributed by atoms with Crippen LogP contribution in [0, 0.1) is 6.92 Å². The summed E-state index contributed by atoms with van der Waals surface area (Å²) in [6, 6.07) is 8.15. The number of hydrogen-bond donors (Lipinski definition) is 2. The lowest BCUT2D eigenvalue weighted by atomic mass is 9.86. The van der Waals surface area contributed by atoms with Gasteiger partial charge in [0.2, 0.25) is 15.9 Å². The van der Waals surface area contributed by atoms with E-state index in [0.717, 1.165) is 5.76 Å². The van der Waals surface area contributed by atoms with E-state index in [1.54, 1.807) is 45.0 Å². The molecule has 1 amide bonds. The van der Waals surface area contributed by atoms with E-state index in [1.807, 2.05) is 0 Å². The number of rotatable bonds is 4. The van der Waals surface area contributed by atoms with Crippen molar-refractivity contribution >= 4 is 21.6 Å². The minimum atomic E-state index is -3.69. The molecule has 3 rings (SSSR count). The zero-order valence-corrected chi connectivity index (χ0v) is 14.0. The maximum atomic E-state index is 12.4. The Hall–Kier alpha value is -2.12. The number of carbonyl (C=O) groups is 1. The van der Waals surface area contributed by atoms with E-state index in [-0.39, 0.29) is 17.3 Å². The summed E-state index contributed by atoms with van der Waals surface area (Å²) in [5.41, 5.74) is 0.582. The topological polar surface area (TPSA) is 88.4 Å².